The largest absolute Gasteiger partial charge is 0.467 e. The molecule has 0 atom stereocenters. The molecule has 1 aliphatic rings. The lowest BCUT2D eigenvalue weighted by Crippen LogP contribution is -2.28. The lowest BCUT2D eigenvalue weighted by atomic mass is 10.2. The number of amides is 1. The second kappa shape index (κ2) is 8.65. The first-order valence-corrected chi connectivity index (χ1v) is 10.8. The van der Waals surface area contributed by atoms with Crippen LogP contribution in [0.5, 0.6) is 0 Å². The van der Waals surface area contributed by atoms with Crippen molar-refractivity contribution in [2.45, 2.75) is 30.8 Å². The molecule has 0 spiro atoms. The highest BCUT2D eigenvalue weighted by molar-refractivity contribution is 8.00. The summed E-state index contributed by atoms with van der Waals surface area (Å²) in [4.78, 5) is 29.2. The molecule has 1 aromatic carbocycles. The average molecular weight is 450 g/mol. The van der Waals surface area contributed by atoms with E-state index < -0.39 is 0 Å². The third-order valence-corrected chi connectivity index (χ3v) is 6.39. The summed E-state index contributed by atoms with van der Waals surface area (Å²) in [5.41, 5.74) is 2.27. The van der Waals surface area contributed by atoms with Gasteiger partial charge in [-0.05, 0) is 49.6 Å². The van der Waals surface area contributed by atoms with Gasteiger partial charge in [-0.25, -0.2) is 4.79 Å². The zero-order valence-corrected chi connectivity index (χ0v) is 17.6. The minimum Gasteiger partial charge on any atom is -0.467 e. The lowest BCUT2D eigenvalue weighted by molar-refractivity contribution is -0.113. The maximum atomic E-state index is 12.6. The van der Waals surface area contributed by atoms with Crippen LogP contribution < -0.4 is 11.0 Å². The number of benzene rings is 1. The van der Waals surface area contributed by atoms with Crippen molar-refractivity contribution in [1.29, 1.82) is 0 Å². The molecule has 6 nitrogen and oxygen atoms in total. The van der Waals surface area contributed by atoms with Gasteiger partial charge in [0.1, 0.15) is 10.8 Å². The smallest absolute Gasteiger partial charge is 0.349 e. The monoisotopic (exact) mass is 449 g/mol. The Bertz CT molecular complexity index is 1110. The van der Waals surface area contributed by atoms with Crippen LogP contribution in [0.1, 0.15) is 23.4 Å². The molecule has 150 valence electrons. The molecule has 1 aliphatic carbocycles. The van der Waals surface area contributed by atoms with Crippen molar-refractivity contribution in [3.8, 4) is 0 Å². The fraction of sp³-hybridized carbons (Fsp3) is 0.250. The summed E-state index contributed by atoms with van der Waals surface area (Å²) in [7, 11) is 0. The second-order valence-electron chi connectivity index (χ2n) is 6.61. The van der Waals surface area contributed by atoms with Gasteiger partial charge in [0.15, 0.2) is 0 Å². The van der Waals surface area contributed by atoms with Gasteiger partial charge >= 0.3 is 5.69 Å². The molecule has 1 N–H and O–H groups in total. The Labute approximate surface area is 181 Å². The second-order valence-corrected chi connectivity index (χ2v) is 8.39. The van der Waals surface area contributed by atoms with Crippen molar-refractivity contribution < 1.29 is 9.21 Å². The highest BCUT2D eigenvalue weighted by atomic mass is 35.5. The van der Waals surface area contributed by atoms with Gasteiger partial charge in [0.25, 0.3) is 0 Å². The van der Waals surface area contributed by atoms with Crippen LogP contribution >= 0.6 is 35.0 Å². The van der Waals surface area contributed by atoms with Crippen LogP contribution in [0.25, 0.3) is 0 Å². The first-order valence-electron chi connectivity index (χ1n) is 9.04. The topological polar surface area (TPSA) is 77.1 Å². The maximum absolute atomic E-state index is 12.6. The van der Waals surface area contributed by atoms with E-state index in [9.17, 15) is 9.59 Å². The normalized spacial score (nSPS) is 12.8. The van der Waals surface area contributed by atoms with Crippen molar-refractivity contribution >= 4 is 46.6 Å². The Hall–Kier alpha value is -2.22. The van der Waals surface area contributed by atoms with E-state index in [0.717, 1.165) is 30.5 Å². The number of furan rings is 1. The molecule has 0 aliphatic heterocycles. The Morgan fingerprint density at radius 3 is 2.86 bits per heavy atom. The van der Waals surface area contributed by atoms with Crippen LogP contribution in [0.3, 0.4) is 0 Å². The molecule has 2 aromatic heterocycles. The zero-order valence-electron chi connectivity index (χ0n) is 15.3. The number of hydrogen-bond acceptors (Lipinski definition) is 5. The molecule has 2 heterocycles. The third kappa shape index (κ3) is 4.52. The highest BCUT2D eigenvalue weighted by Crippen LogP contribution is 2.30. The van der Waals surface area contributed by atoms with Gasteiger partial charge in [-0.15, -0.1) is 0 Å². The lowest BCUT2D eigenvalue weighted by Gasteiger charge is -2.13. The van der Waals surface area contributed by atoms with Crippen molar-refractivity contribution in [2.24, 2.45) is 0 Å². The third-order valence-electron chi connectivity index (χ3n) is 4.64. The summed E-state index contributed by atoms with van der Waals surface area (Å²) >= 11 is 13.1. The minimum absolute atomic E-state index is 0.140. The summed E-state index contributed by atoms with van der Waals surface area (Å²) < 4.78 is 7.04. The summed E-state index contributed by atoms with van der Waals surface area (Å²) in [6.07, 6.45) is 4.21. The molecule has 0 saturated carbocycles. The maximum Gasteiger partial charge on any atom is 0.349 e. The highest BCUT2D eigenvalue weighted by Gasteiger charge is 2.23. The molecule has 0 radical (unpaired) electrons. The molecule has 29 heavy (non-hydrogen) atoms. The molecule has 0 saturated heterocycles. The number of carbonyl (C=O) groups excluding carboxylic acids is 1. The van der Waals surface area contributed by atoms with Crippen molar-refractivity contribution in [1.82, 2.24) is 9.55 Å². The van der Waals surface area contributed by atoms with E-state index in [4.69, 9.17) is 27.6 Å². The summed E-state index contributed by atoms with van der Waals surface area (Å²) in [5.74, 6) is 0.646. The van der Waals surface area contributed by atoms with Crippen LogP contribution in [0.4, 0.5) is 5.69 Å². The van der Waals surface area contributed by atoms with Crippen LogP contribution in [0, 0.1) is 0 Å². The van der Waals surface area contributed by atoms with E-state index in [-0.39, 0.29) is 17.3 Å². The minimum atomic E-state index is -0.325. The molecule has 3 aromatic rings. The SMILES string of the molecule is O=C(CSc1nc(=O)n(Cc2ccco2)c2c1CCC2)Nc1ccc(Cl)c(Cl)c1. The van der Waals surface area contributed by atoms with Crippen molar-refractivity contribution in [2.75, 3.05) is 11.1 Å². The van der Waals surface area contributed by atoms with Crippen LogP contribution in [0.2, 0.25) is 10.0 Å². The van der Waals surface area contributed by atoms with Crippen LogP contribution in [-0.2, 0) is 24.2 Å². The predicted octanol–water partition coefficient (Wildman–Crippen LogP) is 4.41. The van der Waals surface area contributed by atoms with E-state index in [0.29, 0.717) is 33.1 Å². The fourth-order valence-corrected chi connectivity index (χ4v) is 4.51. The van der Waals surface area contributed by atoms with Gasteiger partial charge in [-0.1, -0.05) is 35.0 Å². The fourth-order valence-electron chi connectivity index (χ4n) is 3.33. The number of thioether (sulfide) groups is 1. The Kier molecular flexibility index (Phi) is 5.99. The van der Waals surface area contributed by atoms with Gasteiger partial charge < -0.3 is 9.73 Å². The van der Waals surface area contributed by atoms with Gasteiger partial charge in [-0.3, -0.25) is 9.36 Å². The zero-order chi connectivity index (χ0) is 20.4. The summed E-state index contributed by atoms with van der Waals surface area (Å²) in [5, 5.41) is 4.20. The number of rotatable bonds is 6. The molecule has 0 unspecified atom stereocenters. The van der Waals surface area contributed by atoms with Crippen LogP contribution in [-0.4, -0.2) is 21.2 Å². The van der Waals surface area contributed by atoms with E-state index in [2.05, 4.69) is 10.3 Å². The molecule has 0 bridgehead atoms. The average Bonchev–Trinajstić information content (AvgIpc) is 3.37. The van der Waals surface area contributed by atoms with E-state index in [1.165, 1.54) is 11.8 Å². The first-order chi connectivity index (χ1) is 14.0. The van der Waals surface area contributed by atoms with Crippen molar-refractivity contribution in [3.63, 3.8) is 0 Å². The van der Waals surface area contributed by atoms with Gasteiger partial charge in [0, 0.05) is 16.9 Å². The molecular formula is C20H17Cl2N3O3S. The van der Waals surface area contributed by atoms with Crippen LogP contribution in [0.15, 0.2) is 50.8 Å². The first kappa shape index (κ1) is 20.1. The Morgan fingerprint density at radius 2 is 2.10 bits per heavy atom. The van der Waals surface area contributed by atoms with Gasteiger partial charge in [0.2, 0.25) is 5.91 Å². The van der Waals surface area contributed by atoms with Crippen molar-refractivity contribution in [3.05, 3.63) is 74.1 Å². The van der Waals surface area contributed by atoms with Gasteiger partial charge in [0.05, 0.1) is 28.6 Å². The molecule has 0 fully saturated rings. The number of nitrogens with one attached hydrogen (secondary N) is 1. The number of halogens is 2. The predicted molar refractivity (Wildman–Crippen MR) is 114 cm³/mol. The Balaban J connectivity index is 1.48. The quantitative estimate of drug-likeness (QED) is 0.445. The molecule has 1 amide bonds. The molecule has 4 rings (SSSR count). The number of fused-ring (bicyclic) bond motifs is 1. The summed E-state index contributed by atoms with van der Waals surface area (Å²) in [6, 6.07) is 8.54. The summed E-state index contributed by atoms with van der Waals surface area (Å²) in [6.45, 7) is 0.365. The number of hydrogen-bond donors (Lipinski definition) is 1. The number of anilines is 1. The van der Waals surface area contributed by atoms with E-state index in [1.54, 1.807) is 35.1 Å². The Morgan fingerprint density at radius 1 is 1.24 bits per heavy atom. The number of aromatic nitrogens is 2. The number of carbonyl (C=O) groups is 1. The molecule has 9 heteroatoms. The van der Waals surface area contributed by atoms with E-state index in [1.807, 2.05) is 6.07 Å². The van der Waals surface area contributed by atoms with Gasteiger partial charge in [-0.2, -0.15) is 4.98 Å². The molecular weight excluding hydrogens is 433 g/mol. The van der Waals surface area contributed by atoms with E-state index >= 15 is 0 Å². The number of nitrogens with zero attached hydrogens (tertiary/aromatic N) is 2. The standard InChI is InChI=1S/C20H17Cl2N3O3S/c21-15-7-6-12(9-16(15)22)23-18(26)11-29-19-14-4-1-5-17(14)25(20(27)24-19)10-13-3-2-8-28-13/h2-3,6-9H,1,4-5,10-11H2,(H,23,26).